The average Bonchev–Trinajstić information content (AvgIpc) is 2.68. The molecule has 0 aliphatic carbocycles. The number of hydrogen-bond acceptors (Lipinski definition) is 5. The summed E-state index contributed by atoms with van der Waals surface area (Å²) in [7, 11) is 2.00. The molecule has 1 aromatic rings. The number of amides is 1. The highest BCUT2D eigenvalue weighted by Gasteiger charge is 2.27. The molecule has 0 aromatic carbocycles. The van der Waals surface area contributed by atoms with Crippen molar-refractivity contribution in [3.63, 3.8) is 0 Å². The zero-order valence-electron chi connectivity index (χ0n) is 11.4. The normalized spacial score (nSPS) is 16.4. The summed E-state index contributed by atoms with van der Waals surface area (Å²) in [6.07, 6.45) is 0. The van der Waals surface area contributed by atoms with Gasteiger partial charge in [0.2, 0.25) is 5.91 Å². The van der Waals surface area contributed by atoms with Crippen LogP contribution in [0.2, 0.25) is 5.02 Å². The number of nitro groups is 1. The lowest BCUT2D eigenvalue weighted by Gasteiger charge is -2.32. The Hall–Kier alpha value is -1.67. The zero-order chi connectivity index (χ0) is 14.9. The highest BCUT2D eigenvalue weighted by molar-refractivity contribution is 6.33. The van der Waals surface area contributed by atoms with Crippen LogP contribution in [-0.2, 0) is 11.3 Å². The molecule has 0 spiro atoms. The van der Waals surface area contributed by atoms with E-state index in [2.05, 4.69) is 10.00 Å². The van der Waals surface area contributed by atoms with Gasteiger partial charge in [0.25, 0.3) is 0 Å². The van der Waals surface area contributed by atoms with Crippen LogP contribution in [0.4, 0.5) is 5.82 Å². The van der Waals surface area contributed by atoms with Crippen molar-refractivity contribution in [2.45, 2.75) is 13.5 Å². The summed E-state index contributed by atoms with van der Waals surface area (Å²) in [6.45, 7) is 4.55. The predicted octanol–water partition coefficient (Wildman–Crippen LogP) is 0.527. The summed E-state index contributed by atoms with van der Waals surface area (Å²) in [5.41, 5.74) is 0.431. The summed E-state index contributed by atoms with van der Waals surface area (Å²) < 4.78 is 1.29. The molecule has 1 fully saturated rings. The highest BCUT2D eigenvalue weighted by Crippen LogP contribution is 2.26. The van der Waals surface area contributed by atoms with Gasteiger partial charge in [-0.3, -0.25) is 4.79 Å². The van der Waals surface area contributed by atoms with Crippen molar-refractivity contribution in [3.8, 4) is 0 Å². The molecule has 0 saturated carbocycles. The van der Waals surface area contributed by atoms with Crippen LogP contribution in [0.15, 0.2) is 0 Å². The fraction of sp³-hybridized carbons (Fsp3) is 0.636. The largest absolute Gasteiger partial charge is 0.408 e. The smallest absolute Gasteiger partial charge is 0.358 e. The minimum atomic E-state index is -0.647. The molecular weight excluding hydrogens is 286 g/mol. The van der Waals surface area contributed by atoms with Gasteiger partial charge in [0, 0.05) is 26.2 Å². The summed E-state index contributed by atoms with van der Waals surface area (Å²) in [5.74, 6) is -0.509. The minimum Gasteiger partial charge on any atom is -0.358 e. The summed E-state index contributed by atoms with van der Waals surface area (Å²) >= 11 is 5.84. The SMILES string of the molecule is Cc1c(Cl)c([N+](=O)[O-])nn1CC(=O)N1CCN(C)CC1. The Bertz CT molecular complexity index is 536. The molecule has 0 atom stereocenters. The number of halogens is 1. The first-order chi connectivity index (χ1) is 9.40. The van der Waals surface area contributed by atoms with Crippen molar-refractivity contribution in [1.29, 1.82) is 0 Å². The van der Waals surface area contributed by atoms with Crippen LogP contribution in [0, 0.1) is 17.0 Å². The molecule has 1 amide bonds. The Morgan fingerprint density at radius 3 is 2.50 bits per heavy atom. The number of aromatic nitrogens is 2. The van der Waals surface area contributed by atoms with E-state index in [0.29, 0.717) is 18.8 Å². The molecule has 1 aliphatic rings. The first-order valence-electron chi connectivity index (χ1n) is 6.23. The van der Waals surface area contributed by atoms with Crippen LogP contribution < -0.4 is 0 Å². The molecule has 20 heavy (non-hydrogen) atoms. The van der Waals surface area contributed by atoms with Crippen molar-refractivity contribution in [3.05, 3.63) is 20.8 Å². The van der Waals surface area contributed by atoms with Gasteiger partial charge in [-0.25, -0.2) is 0 Å². The molecule has 2 rings (SSSR count). The summed E-state index contributed by atoms with van der Waals surface area (Å²) in [6, 6.07) is 0. The predicted molar refractivity (Wildman–Crippen MR) is 72.7 cm³/mol. The third kappa shape index (κ3) is 2.91. The molecule has 1 saturated heterocycles. The van der Waals surface area contributed by atoms with E-state index in [1.165, 1.54) is 4.68 Å². The maximum atomic E-state index is 12.2. The van der Waals surface area contributed by atoms with Crippen LogP contribution in [0.1, 0.15) is 5.69 Å². The van der Waals surface area contributed by atoms with Crippen LogP contribution in [0.25, 0.3) is 0 Å². The van der Waals surface area contributed by atoms with Gasteiger partial charge in [-0.05, 0) is 18.9 Å². The van der Waals surface area contributed by atoms with Gasteiger partial charge in [-0.1, -0.05) is 11.6 Å². The quantitative estimate of drug-likeness (QED) is 0.600. The molecular formula is C11H16ClN5O3. The lowest BCUT2D eigenvalue weighted by molar-refractivity contribution is -0.389. The number of piperazine rings is 1. The maximum Gasteiger partial charge on any atom is 0.408 e. The van der Waals surface area contributed by atoms with Crippen molar-refractivity contribution < 1.29 is 9.72 Å². The molecule has 2 heterocycles. The first-order valence-corrected chi connectivity index (χ1v) is 6.61. The van der Waals surface area contributed by atoms with Crippen molar-refractivity contribution in [2.24, 2.45) is 0 Å². The average molecular weight is 302 g/mol. The fourth-order valence-corrected chi connectivity index (χ4v) is 2.27. The number of likely N-dealkylation sites (N-methyl/N-ethyl adjacent to an activating group) is 1. The zero-order valence-corrected chi connectivity index (χ0v) is 12.1. The van der Waals surface area contributed by atoms with Gasteiger partial charge in [-0.2, -0.15) is 4.68 Å². The Morgan fingerprint density at radius 1 is 1.40 bits per heavy atom. The number of carbonyl (C=O) groups is 1. The van der Waals surface area contributed by atoms with Crippen LogP contribution in [0.3, 0.4) is 0 Å². The van der Waals surface area contributed by atoms with Crippen LogP contribution in [0.5, 0.6) is 0 Å². The monoisotopic (exact) mass is 301 g/mol. The highest BCUT2D eigenvalue weighted by atomic mass is 35.5. The van der Waals surface area contributed by atoms with E-state index in [9.17, 15) is 14.9 Å². The van der Waals surface area contributed by atoms with Gasteiger partial charge in [0.1, 0.15) is 6.54 Å². The van der Waals surface area contributed by atoms with Crippen LogP contribution >= 0.6 is 11.6 Å². The van der Waals surface area contributed by atoms with E-state index in [1.807, 2.05) is 7.05 Å². The molecule has 0 bridgehead atoms. The molecule has 0 unspecified atom stereocenters. The van der Waals surface area contributed by atoms with Crippen LogP contribution in [-0.4, -0.2) is 63.6 Å². The molecule has 8 nitrogen and oxygen atoms in total. The molecule has 110 valence electrons. The third-order valence-electron chi connectivity index (χ3n) is 3.43. The van der Waals surface area contributed by atoms with E-state index in [-0.39, 0.29) is 17.5 Å². The van der Waals surface area contributed by atoms with Crippen molar-refractivity contribution in [1.82, 2.24) is 19.6 Å². The molecule has 0 N–H and O–H groups in total. The van der Waals surface area contributed by atoms with E-state index < -0.39 is 10.7 Å². The molecule has 1 aliphatic heterocycles. The number of carbonyl (C=O) groups excluding carboxylic acids is 1. The summed E-state index contributed by atoms with van der Waals surface area (Å²) in [5, 5.41) is 14.5. The molecule has 0 radical (unpaired) electrons. The number of rotatable bonds is 3. The third-order valence-corrected chi connectivity index (χ3v) is 3.87. The fourth-order valence-electron chi connectivity index (χ4n) is 2.06. The second-order valence-electron chi connectivity index (χ2n) is 4.82. The van der Waals surface area contributed by atoms with E-state index in [0.717, 1.165) is 13.1 Å². The Kier molecular flexibility index (Phi) is 4.24. The van der Waals surface area contributed by atoms with E-state index >= 15 is 0 Å². The Morgan fingerprint density at radius 2 is 2.00 bits per heavy atom. The molecule has 9 heteroatoms. The second-order valence-corrected chi connectivity index (χ2v) is 5.20. The molecule has 1 aromatic heterocycles. The van der Waals surface area contributed by atoms with E-state index in [4.69, 9.17) is 11.6 Å². The van der Waals surface area contributed by atoms with Crippen molar-refractivity contribution in [2.75, 3.05) is 33.2 Å². The van der Waals surface area contributed by atoms with Gasteiger partial charge in [-0.15, -0.1) is 0 Å². The lowest BCUT2D eigenvalue weighted by Crippen LogP contribution is -2.48. The minimum absolute atomic E-state index is 0.0128. The van der Waals surface area contributed by atoms with Crippen molar-refractivity contribution >= 4 is 23.3 Å². The Labute approximate surface area is 121 Å². The summed E-state index contributed by atoms with van der Waals surface area (Å²) in [4.78, 5) is 26.1. The lowest BCUT2D eigenvalue weighted by atomic mass is 10.3. The van der Waals surface area contributed by atoms with Gasteiger partial charge >= 0.3 is 5.82 Å². The van der Waals surface area contributed by atoms with E-state index in [1.54, 1.807) is 11.8 Å². The van der Waals surface area contributed by atoms with Gasteiger partial charge in [0.05, 0.1) is 10.8 Å². The first kappa shape index (κ1) is 14.7. The number of hydrogen-bond donors (Lipinski definition) is 0. The maximum absolute atomic E-state index is 12.2. The van der Waals surface area contributed by atoms with Gasteiger partial charge in [0.15, 0.2) is 5.02 Å². The second kappa shape index (κ2) is 5.76. The topological polar surface area (TPSA) is 84.5 Å². The Balaban J connectivity index is 2.08. The standard InChI is InChI=1S/C11H16ClN5O3/c1-8-10(12)11(17(19)20)13-16(8)7-9(18)15-5-3-14(2)4-6-15/h3-7H2,1-2H3. The number of nitrogens with zero attached hydrogens (tertiary/aromatic N) is 5. The van der Waals surface area contributed by atoms with Gasteiger partial charge < -0.3 is 19.9 Å².